The number of fused-ring (bicyclic) bond motifs is 1. The van der Waals surface area contributed by atoms with E-state index < -0.39 is 0 Å². The number of methoxy groups -OCH3 is 1. The number of carbonyl (C=O) groups is 1. The lowest BCUT2D eigenvalue weighted by atomic mass is 10.1. The molecule has 0 atom stereocenters. The molecule has 2 aromatic heterocycles. The van der Waals surface area contributed by atoms with Gasteiger partial charge in [-0.25, -0.2) is 4.99 Å². The molecule has 8 heteroatoms. The minimum Gasteiger partial charge on any atom is -0.495 e. The van der Waals surface area contributed by atoms with Crippen molar-refractivity contribution in [1.29, 1.82) is 0 Å². The number of nitrogens with one attached hydrogen (secondary N) is 1. The van der Waals surface area contributed by atoms with Gasteiger partial charge in [0.15, 0.2) is 0 Å². The molecule has 1 amide bonds. The first-order valence-electron chi connectivity index (χ1n) is 10.4. The summed E-state index contributed by atoms with van der Waals surface area (Å²) in [6.45, 7) is 0.432. The van der Waals surface area contributed by atoms with Crippen LogP contribution in [0.15, 0.2) is 75.9 Å². The summed E-state index contributed by atoms with van der Waals surface area (Å²) < 4.78 is 11.1. The Balaban J connectivity index is 1.31. The van der Waals surface area contributed by atoms with Crippen molar-refractivity contribution in [1.82, 2.24) is 9.88 Å². The van der Waals surface area contributed by atoms with E-state index in [0.29, 0.717) is 35.3 Å². The Morgan fingerprint density at radius 3 is 2.88 bits per heavy atom. The number of H-pyrrole nitrogens is 1. The number of hydrogen-bond acceptors (Lipinski definition) is 5. The Bertz CT molecular complexity index is 1420. The second-order valence-corrected chi connectivity index (χ2v) is 8.02. The average molecular weight is 461 g/mol. The molecule has 0 saturated heterocycles. The van der Waals surface area contributed by atoms with Crippen molar-refractivity contribution in [3.63, 3.8) is 0 Å². The van der Waals surface area contributed by atoms with Crippen molar-refractivity contribution in [3.05, 3.63) is 82.8 Å². The van der Waals surface area contributed by atoms with E-state index in [1.165, 1.54) is 4.90 Å². The van der Waals surface area contributed by atoms with Crippen molar-refractivity contribution in [2.45, 2.75) is 6.42 Å². The molecule has 5 rings (SSSR count). The highest BCUT2D eigenvalue weighted by molar-refractivity contribution is 6.32. The molecule has 3 heterocycles. The summed E-state index contributed by atoms with van der Waals surface area (Å²) in [5.41, 5.74) is 9.28. The summed E-state index contributed by atoms with van der Waals surface area (Å²) in [6, 6.07) is 17.0. The van der Waals surface area contributed by atoms with Crippen LogP contribution in [-0.2, 0) is 11.2 Å². The van der Waals surface area contributed by atoms with Crippen LogP contribution in [0.5, 0.6) is 5.75 Å². The molecule has 1 aliphatic heterocycles. The third kappa shape index (κ3) is 3.99. The number of para-hydroxylation sites is 1. The lowest BCUT2D eigenvalue weighted by molar-refractivity contribution is -0.122. The topological polar surface area (TPSA) is 96.9 Å². The maximum Gasteiger partial charge on any atom is 0.279 e. The van der Waals surface area contributed by atoms with Gasteiger partial charge in [-0.1, -0.05) is 29.8 Å². The quantitative estimate of drug-likeness (QED) is 0.403. The van der Waals surface area contributed by atoms with E-state index in [9.17, 15) is 4.79 Å². The molecule has 0 bridgehead atoms. The number of aromatic amines is 1. The summed E-state index contributed by atoms with van der Waals surface area (Å²) in [7, 11) is 1.56. The van der Waals surface area contributed by atoms with Gasteiger partial charge in [0.1, 0.15) is 23.0 Å². The van der Waals surface area contributed by atoms with Crippen LogP contribution in [0.4, 0.5) is 0 Å². The Labute approximate surface area is 195 Å². The van der Waals surface area contributed by atoms with Gasteiger partial charge in [-0.2, -0.15) is 0 Å². The molecule has 0 fully saturated rings. The monoisotopic (exact) mass is 460 g/mol. The van der Waals surface area contributed by atoms with Crippen molar-refractivity contribution >= 4 is 40.4 Å². The highest BCUT2D eigenvalue weighted by atomic mass is 35.5. The normalized spacial score (nSPS) is 15.0. The SMILES string of the molecule is COc1ccc(-c2ccc(C=C3N=C(N)N(CCc4c[nH]c5ccccc45)C3=O)o2)cc1Cl. The van der Waals surface area contributed by atoms with Crippen molar-refractivity contribution < 1.29 is 13.9 Å². The molecule has 4 aromatic rings. The average Bonchev–Trinajstić information content (AvgIpc) is 3.51. The number of guanidine groups is 1. The zero-order valence-electron chi connectivity index (χ0n) is 17.8. The molecule has 0 radical (unpaired) electrons. The molecule has 33 heavy (non-hydrogen) atoms. The smallest absolute Gasteiger partial charge is 0.279 e. The number of halogens is 1. The summed E-state index contributed by atoms with van der Waals surface area (Å²) >= 11 is 6.21. The van der Waals surface area contributed by atoms with E-state index in [-0.39, 0.29) is 17.6 Å². The Kier molecular flexibility index (Phi) is 5.40. The zero-order chi connectivity index (χ0) is 22.9. The van der Waals surface area contributed by atoms with Gasteiger partial charge in [0.05, 0.1) is 12.1 Å². The molecule has 2 aromatic carbocycles. The van der Waals surface area contributed by atoms with Crippen LogP contribution < -0.4 is 10.5 Å². The fourth-order valence-electron chi connectivity index (χ4n) is 3.89. The number of rotatable bonds is 6. The van der Waals surface area contributed by atoms with Crippen LogP contribution in [0, 0.1) is 0 Å². The fraction of sp³-hybridized carbons (Fsp3) is 0.120. The van der Waals surface area contributed by atoms with Crippen molar-refractivity contribution in [2.75, 3.05) is 13.7 Å². The lowest BCUT2D eigenvalue weighted by Gasteiger charge is -2.14. The Morgan fingerprint density at radius 2 is 2.06 bits per heavy atom. The third-order valence-electron chi connectivity index (χ3n) is 5.60. The van der Waals surface area contributed by atoms with Crippen molar-refractivity contribution in [2.24, 2.45) is 10.7 Å². The summed E-state index contributed by atoms with van der Waals surface area (Å²) in [4.78, 5) is 21.9. The largest absolute Gasteiger partial charge is 0.495 e. The molecular formula is C25H21ClN4O3. The van der Waals surface area contributed by atoms with Gasteiger partial charge in [-0.05, 0) is 48.4 Å². The number of carbonyl (C=O) groups excluding carboxylic acids is 1. The summed E-state index contributed by atoms with van der Waals surface area (Å²) in [5, 5.41) is 1.62. The number of aromatic nitrogens is 1. The first kappa shape index (κ1) is 20.9. The highest BCUT2D eigenvalue weighted by Crippen LogP contribution is 2.31. The summed E-state index contributed by atoms with van der Waals surface area (Å²) in [5.74, 6) is 1.63. The molecule has 3 N–H and O–H groups in total. The molecule has 0 unspecified atom stereocenters. The molecule has 7 nitrogen and oxygen atoms in total. The maximum atomic E-state index is 12.9. The van der Waals surface area contributed by atoms with Gasteiger partial charge in [0.2, 0.25) is 5.96 Å². The predicted octanol–water partition coefficient (Wildman–Crippen LogP) is 4.83. The number of nitrogens with two attached hydrogens (primary N) is 1. The predicted molar refractivity (Wildman–Crippen MR) is 129 cm³/mol. The minimum atomic E-state index is -0.252. The van der Waals surface area contributed by atoms with Crippen LogP contribution in [0.3, 0.4) is 0 Å². The van der Waals surface area contributed by atoms with Gasteiger partial charge in [-0.15, -0.1) is 0 Å². The van der Waals surface area contributed by atoms with Crippen LogP contribution in [0.2, 0.25) is 5.02 Å². The molecule has 0 spiro atoms. The van der Waals surface area contributed by atoms with Crippen LogP contribution in [0.1, 0.15) is 11.3 Å². The second-order valence-electron chi connectivity index (χ2n) is 7.62. The van der Waals surface area contributed by atoms with Gasteiger partial charge >= 0.3 is 0 Å². The summed E-state index contributed by atoms with van der Waals surface area (Å²) in [6.07, 6.45) is 4.21. The highest BCUT2D eigenvalue weighted by Gasteiger charge is 2.28. The molecule has 166 valence electrons. The number of nitrogens with zero attached hydrogens (tertiary/aromatic N) is 2. The fourth-order valence-corrected chi connectivity index (χ4v) is 4.15. The van der Waals surface area contributed by atoms with Gasteiger partial charge in [0, 0.05) is 35.3 Å². The second kappa shape index (κ2) is 8.52. The third-order valence-corrected chi connectivity index (χ3v) is 5.89. The Morgan fingerprint density at radius 1 is 1.21 bits per heavy atom. The first-order chi connectivity index (χ1) is 16.0. The standard InChI is InChI=1S/C25H21ClN4O3/c1-32-23-8-6-15(12-19(23)26)22-9-7-17(33-22)13-21-24(31)30(25(27)29-21)11-10-16-14-28-20-5-3-2-4-18(16)20/h2-9,12-14,28H,10-11H2,1H3,(H2,27,29). The number of benzene rings is 2. The molecular weight excluding hydrogens is 440 g/mol. The van der Waals surface area contributed by atoms with Crippen LogP contribution in [-0.4, -0.2) is 35.4 Å². The van der Waals surface area contributed by atoms with Gasteiger partial charge < -0.3 is 19.9 Å². The van der Waals surface area contributed by atoms with Gasteiger partial charge in [0.25, 0.3) is 5.91 Å². The first-order valence-corrected chi connectivity index (χ1v) is 10.8. The number of amides is 1. The van der Waals surface area contributed by atoms with Crippen molar-refractivity contribution in [3.8, 4) is 17.1 Å². The number of aliphatic imine (C=N–C) groups is 1. The van der Waals surface area contributed by atoms with E-state index in [0.717, 1.165) is 22.0 Å². The zero-order valence-corrected chi connectivity index (χ0v) is 18.6. The maximum absolute atomic E-state index is 12.9. The van der Waals surface area contributed by atoms with Crippen LogP contribution in [0.25, 0.3) is 28.3 Å². The molecule has 0 saturated carbocycles. The van der Waals surface area contributed by atoms with E-state index in [1.807, 2.05) is 36.5 Å². The molecule has 0 aliphatic carbocycles. The van der Waals surface area contributed by atoms with E-state index >= 15 is 0 Å². The van der Waals surface area contributed by atoms with E-state index in [4.69, 9.17) is 26.5 Å². The lowest BCUT2D eigenvalue weighted by Crippen LogP contribution is -2.38. The van der Waals surface area contributed by atoms with Crippen LogP contribution >= 0.6 is 11.6 Å². The van der Waals surface area contributed by atoms with Gasteiger partial charge in [-0.3, -0.25) is 9.69 Å². The minimum absolute atomic E-state index is 0.180. The Hall–Kier alpha value is -3.97. The number of hydrogen-bond donors (Lipinski definition) is 2. The van der Waals surface area contributed by atoms with E-state index in [2.05, 4.69) is 16.0 Å². The van der Waals surface area contributed by atoms with E-state index in [1.54, 1.807) is 31.4 Å². The number of ether oxygens (including phenoxy) is 1. The molecule has 1 aliphatic rings. The number of furan rings is 1.